The van der Waals surface area contributed by atoms with Crippen LogP contribution in [0.3, 0.4) is 0 Å². The van der Waals surface area contributed by atoms with Crippen LogP contribution in [0.5, 0.6) is 0 Å². The molecule has 1 fully saturated rings. The van der Waals surface area contributed by atoms with E-state index in [4.69, 9.17) is 5.73 Å². The van der Waals surface area contributed by atoms with Crippen molar-refractivity contribution < 1.29 is 9.18 Å². The van der Waals surface area contributed by atoms with Crippen molar-refractivity contribution in [2.24, 2.45) is 11.7 Å². The number of amides is 1. The first-order valence-corrected chi connectivity index (χ1v) is 7.95. The van der Waals surface area contributed by atoms with Gasteiger partial charge in [-0.2, -0.15) is 0 Å². The Labute approximate surface area is 144 Å². The number of piperidine rings is 1. The first kappa shape index (κ1) is 19.7. The Hall–Kier alpha value is -1.33. The standard InChI is InChI=1S/C17H26FN3O.ClH/c1-11(2)16(19)17(22)20-14-5-4-8-21(10-14)15-7-6-13(18)9-12(15)3;/h6-7,9,11,14,16H,4-5,8,10,19H2,1-3H3,(H,20,22);1H/t14?,16-;/m0./s1. The van der Waals surface area contributed by atoms with Crippen LogP contribution in [0.4, 0.5) is 10.1 Å². The molecule has 2 rings (SSSR count). The lowest BCUT2D eigenvalue weighted by Gasteiger charge is -2.36. The van der Waals surface area contributed by atoms with Gasteiger partial charge in [-0.15, -0.1) is 12.4 Å². The quantitative estimate of drug-likeness (QED) is 0.883. The number of carbonyl (C=O) groups is 1. The molecule has 6 heteroatoms. The molecule has 0 aliphatic carbocycles. The molecule has 0 saturated carbocycles. The van der Waals surface area contributed by atoms with Gasteiger partial charge in [0.15, 0.2) is 0 Å². The van der Waals surface area contributed by atoms with Crippen molar-refractivity contribution in [1.82, 2.24) is 5.32 Å². The monoisotopic (exact) mass is 343 g/mol. The number of benzene rings is 1. The molecule has 2 atom stereocenters. The van der Waals surface area contributed by atoms with Crippen molar-refractivity contribution in [2.75, 3.05) is 18.0 Å². The van der Waals surface area contributed by atoms with E-state index in [0.29, 0.717) is 0 Å². The Morgan fingerprint density at radius 1 is 1.43 bits per heavy atom. The van der Waals surface area contributed by atoms with Gasteiger partial charge in [-0.05, 0) is 49.4 Å². The molecule has 130 valence electrons. The fourth-order valence-electron chi connectivity index (χ4n) is 2.89. The van der Waals surface area contributed by atoms with E-state index in [1.807, 2.05) is 26.8 Å². The number of carbonyl (C=O) groups excluding carboxylic acids is 1. The molecule has 0 radical (unpaired) electrons. The van der Waals surface area contributed by atoms with Crippen LogP contribution in [0.25, 0.3) is 0 Å². The number of rotatable bonds is 4. The maximum absolute atomic E-state index is 13.2. The van der Waals surface area contributed by atoms with Crippen molar-refractivity contribution in [1.29, 1.82) is 0 Å². The number of nitrogens with one attached hydrogen (secondary N) is 1. The number of hydrogen-bond donors (Lipinski definition) is 2. The third-order valence-corrected chi connectivity index (χ3v) is 4.29. The molecular formula is C17H27ClFN3O. The summed E-state index contributed by atoms with van der Waals surface area (Å²) in [5.74, 6) is -0.178. The zero-order valence-corrected chi connectivity index (χ0v) is 14.8. The van der Waals surface area contributed by atoms with E-state index in [1.165, 1.54) is 6.07 Å². The number of hydrogen-bond acceptors (Lipinski definition) is 3. The molecule has 1 aliphatic heterocycles. The molecule has 23 heavy (non-hydrogen) atoms. The lowest BCUT2D eigenvalue weighted by atomic mass is 10.0. The molecular weight excluding hydrogens is 317 g/mol. The maximum Gasteiger partial charge on any atom is 0.237 e. The highest BCUT2D eigenvalue weighted by atomic mass is 35.5. The third kappa shape index (κ3) is 5.08. The lowest BCUT2D eigenvalue weighted by molar-refractivity contribution is -0.124. The van der Waals surface area contributed by atoms with Gasteiger partial charge in [0.05, 0.1) is 6.04 Å². The molecule has 1 aromatic rings. The second-order valence-electron chi connectivity index (χ2n) is 6.49. The van der Waals surface area contributed by atoms with Crippen molar-refractivity contribution in [2.45, 2.75) is 45.7 Å². The summed E-state index contributed by atoms with van der Waals surface area (Å²) in [5.41, 5.74) is 7.85. The van der Waals surface area contributed by atoms with Gasteiger partial charge in [0.2, 0.25) is 5.91 Å². The highest BCUT2D eigenvalue weighted by Gasteiger charge is 2.25. The van der Waals surface area contributed by atoms with Gasteiger partial charge in [0.25, 0.3) is 0 Å². The Morgan fingerprint density at radius 2 is 2.13 bits per heavy atom. The van der Waals surface area contributed by atoms with E-state index < -0.39 is 6.04 Å². The summed E-state index contributed by atoms with van der Waals surface area (Å²) >= 11 is 0. The number of anilines is 1. The highest BCUT2D eigenvalue weighted by molar-refractivity contribution is 5.85. The van der Waals surface area contributed by atoms with Crippen LogP contribution >= 0.6 is 12.4 Å². The Kier molecular flexibility index (Phi) is 7.29. The predicted octanol–water partition coefficient (Wildman–Crippen LogP) is 2.62. The average molecular weight is 344 g/mol. The van der Waals surface area contributed by atoms with Gasteiger partial charge < -0.3 is 16.0 Å². The molecule has 1 aromatic carbocycles. The molecule has 3 N–H and O–H groups in total. The van der Waals surface area contributed by atoms with Crippen LogP contribution in [0.1, 0.15) is 32.3 Å². The number of nitrogens with zero attached hydrogens (tertiary/aromatic N) is 1. The predicted molar refractivity (Wildman–Crippen MR) is 94.6 cm³/mol. The van der Waals surface area contributed by atoms with E-state index >= 15 is 0 Å². The molecule has 0 spiro atoms. The summed E-state index contributed by atoms with van der Waals surface area (Å²) in [4.78, 5) is 14.3. The molecule has 1 saturated heterocycles. The first-order valence-electron chi connectivity index (χ1n) is 7.95. The molecule has 1 amide bonds. The van der Waals surface area contributed by atoms with Gasteiger partial charge in [-0.1, -0.05) is 13.8 Å². The summed E-state index contributed by atoms with van der Waals surface area (Å²) < 4.78 is 13.2. The third-order valence-electron chi connectivity index (χ3n) is 4.29. The summed E-state index contributed by atoms with van der Waals surface area (Å²) in [6.07, 6.45) is 1.95. The summed E-state index contributed by atoms with van der Waals surface area (Å²) in [5, 5.41) is 3.05. The van der Waals surface area contributed by atoms with Crippen LogP contribution in [-0.4, -0.2) is 31.1 Å². The molecule has 0 bridgehead atoms. The fraction of sp³-hybridized carbons (Fsp3) is 0.588. The Morgan fingerprint density at radius 3 is 2.74 bits per heavy atom. The number of aryl methyl sites for hydroxylation is 1. The summed E-state index contributed by atoms with van der Waals surface area (Å²) in [6, 6.07) is 4.47. The van der Waals surface area contributed by atoms with Crippen LogP contribution in [-0.2, 0) is 4.79 Å². The van der Waals surface area contributed by atoms with Crippen molar-refractivity contribution in [3.63, 3.8) is 0 Å². The zero-order chi connectivity index (χ0) is 16.3. The first-order chi connectivity index (χ1) is 10.4. The van der Waals surface area contributed by atoms with Crippen molar-refractivity contribution in [3.05, 3.63) is 29.6 Å². The van der Waals surface area contributed by atoms with E-state index in [1.54, 1.807) is 6.07 Å². The summed E-state index contributed by atoms with van der Waals surface area (Å²) in [6.45, 7) is 7.46. The maximum atomic E-state index is 13.2. The lowest BCUT2D eigenvalue weighted by Crippen LogP contribution is -2.53. The minimum atomic E-state index is -0.470. The number of halogens is 2. The van der Waals surface area contributed by atoms with Gasteiger partial charge in [-0.25, -0.2) is 4.39 Å². The highest BCUT2D eigenvalue weighted by Crippen LogP contribution is 2.24. The largest absolute Gasteiger partial charge is 0.369 e. The van der Waals surface area contributed by atoms with Gasteiger partial charge in [0.1, 0.15) is 5.82 Å². The minimum absolute atomic E-state index is 0. The molecule has 0 aromatic heterocycles. The van der Waals surface area contributed by atoms with Crippen LogP contribution in [0.15, 0.2) is 18.2 Å². The fourth-order valence-corrected chi connectivity index (χ4v) is 2.89. The minimum Gasteiger partial charge on any atom is -0.369 e. The van der Waals surface area contributed by atoms with Gasteiger partial charge in [0, 0.05) is 24.8 Å². The number of nitrogens with two attached hydrogens (primary N) is 1. The van der Waals surface area contributed by atoms with E-state index in [9.17, 15) is 9.18 Å². The van der Waals surface area contributed by atoms with E-state index in [0.717, 1.165) is 37.2 Å². The topological polar surface area (TPSA) is 58.4 Å². The summed E-state index contributed by atoms with van der Waals surface area (Å²) in [7, 11) is 0. The van der Waals surface area contributed by atoms with Crippen LogP contribution in [0, 0.1) is 18.7 Å². The molecule has 1 aliphatic rings. The Bertz CT molecular complexity index is 539. The van der Waals surface area contributed by atoms with Gasteiger partial charge >= 0.3 is 0 Å². The molecule has 4 nitrogen and oxygen atoms in total. The smallest absolute Gasteiger partial charge is 0.237 e. The van der Waals surface area contributed by atoms with Crippen molar-refractivity contribution >= 4 is 24.0 Å². The average Bonchev–Trinajstić information content (AvgIpc) is 2.46. The SMILES string of the molecule is Cc1cc(F)ccc1N1CCCC(NC(=O)[C@@H](N)C(C)C)C1.Cl. The van der Waals surface area contributed by atoms with Crippen LogP contribution in [0.2, 0.25) is 0 Å². The van der Waals surface area contributed by atoms with Crippen molar-refractivity contribution in [3.8, 4) is 0 Å². The normalized spacial score (nSPS) is 19.2. The second kappa shape index (κ2) is 8.50. The van der Waals surface area contributed by atoms with Gasteiger partial charge in [-0.3, -0.25) is 4.79 Å². The van der Waals surface area contributed by atoms with E-state index in [2.05, 4.69) is 10.2 Å². The molecule has 1 unspecified atom stereocenters. The molecule has 1 heterocycles. The Balaban J connectivity index is 0.00000264. The second-order valence-corrected chi connectivity index (χ2v) is 6.49. The zero-order valence-electron chi connectivity index (χ0n) is 14.0. The van der Waals surface area contributed by atoms with Crippen LogP contribution < -0.4 is 16.0 Å². The van der Waals surface area contributed by atoms with E-state index in [-0.39, 0.29) is 36.1 Å².